The summed E-state index contributed by atoms with van der Waals surface area (Å²) in [7, 11) is 0. The lowest BCUT2D eigenvalue weighted by Crippen LogP contribution is -2.16. The van der Waals surface area contributed by atoms with E-state index >= 15 is 0 Å². The second kappa shape index (κ2) is 7.17. The molecule has 2 rings (SSSR count). The topological polar surface area (TPSA) is 41.1 Å². The molecule has 0 spiro atoms. The van der Waals surface area contributed by atoms with Crippen LogP contribution in [0.25, 0.3) is 0 Å². The molecule has 0 atom stereocenters. The molecule has 0 aliphatic heterocycles. The molecule has 0 unspecified atom stereocenters. The summed E-state index contributed by atoms with van der Waals surface area (Å²) in [6, 6.07) is 12.1. The third-order valence-corrected chi connectivity index (χ3v) is 3.23. The average molecular weight is 322 g/mol. The number of hydrogen-bond donors (Lipinski definition) is 2. The molecule has 23 heavy (non-hydrogen) atoms. The first-order valence-corrected chi connectivity index (χ1v) is 7.12. The molecule has 0 saturated heterocycles. The van der Waals surface area contributed by atoms with Gasteiger partial charge in [-0.25, -0.2) is 0 Å². The Morgan fingerprint density at radius 2 is 1.52 bits per heavy atom. The number of carbonyl (C=O) groups is 1. The lowest BCUT2D eigenvalue weighted by molar-refractivity contribution is -0.137. The summed E-state index contributed by atoms with van der Waals surface area (Å²) >= 11 is 0. The normalized spacial score (nSPS) is 11.1. The average Bonchev–Trinajstić information content (AvgIpc) is 2.49. The Morgan fingerprint density at radius 3 is 2.09 bits per heavy atom. The molecule has 122 valence electrons. The standard InChI is InChI=1S/C17H17F3N2O/c1-12-2-6-14(7-3-12)21-11-10-16(23)22-15-8-4-13(5-9-15)17(18,19)20/h2-9,21H,10-11H2,1H3,(H,22,23). The number of benzene rings is 2. The van der Waals surface area contributed by atoms with Crippen molar-refractivity contribution in [3.05, 3.63) is 59.7 Å². The lowest BCUT2D eigenvalue weighted by Gasteiger charge is -2.09. The van der Waals surface area contributed by atoms with Gasteiger partial charge in [-0.15, -0.1) is 0 Å². The zero-order chi connectivity index (χ0) is 16.9. The van der Waals surface area contributed by atoms with Gasteiger partial charge >= 0.3 is 6.18 Å². The quantitative estimate of drug-likeness (QED) is 0.853. The Labute approximate surface area is 132 Å². The van der Waals surface area contributed by atoms with E-state index in [1.54, 1.807) is 0 Å². The van der Waals surface area contributed by atoms with E-state index in [1.165, 1.54) is 12.1 Å². The van der Waals surface area contributed by atoms with Gasteiger partial charge in [0.05, 0.1) is 5.56 Å². The third kappa shape index (κ3) is 5.32. The largest absolute Gasteiger partial charge is 0.416 e. The Bertz CT molecular complexity index is 649. The molecule has 2 N–H and O–H groups in total. The number of carbonyl (C=O) groups excluding carboxylic acids is 1. The maximum absolute atomic E-state index is 12.4. The highest BCUT2D eigenvalue weighted by Crippen LogP contribution is 2.29. The Kier molecular flexibility index (Phi) is 5.26. The van der Waals surface area contributed by atoms with E-state index in [0.29, 0.717) is 12.2 Å². The van der Waals surface area contributed by atoms with E-state index in [2.05, 4.69) is 10.6 Å². The molecular formula is C17H17F3N2O. The maximum Gasteiger partial charge on any atom is 0.416 e. The molecule has 1 amide bonds. The van der Waals surface area contributed by atoms with Gasteiger partial charge in [0, 0.05) is 24.3 Å². The van der Waals surface area contributed by atoms with Gasteiger partial charge in [0.2, 0.25) is 5.91 Å². The Hall–Kier alpha value is -2.50. The van der Waals surface area contributed by atoms with Crippen molar-refractivity contribution in [1.29, 1.82) is 0 Å². The molecule has 2 aromatic carbocycles. The number of amides is 1. The van der Waals surface area contributed by atoms with Gasteiger partial charge in [-0.3, -0.25) is 4.79 Å². The Morgan fingerprint density at radius 1 is 0.957 bits per heavy atom. The van der Waals surface area contributed by atoms with E-state index in [9.17, 15) is 18.0 Å². The van der Waals surface area contributed by atoms with Crippen molar-refractivity contribution in [1.82, 2.24) is 0 Å². The first-order valence-electron chi connectivity index (χ1n) is 7.12. The molecule has 3 nitrogen and oxygen atoms in total. The fraction of sp³-hybridized carbons (Fsp3) is 0.235. The number of halogens is 3. The van der Waals surface area contributed by atoms with Gasteiger partial charge < -0.3 is 10.6 Å². The smallest absolute Gasteiger partial charge is 0.385 e. The predicted molar refractivity (Wildman–Crippen MR) is 84.4 cm³/mol. The van der Waals surface area contributed by atoms with Crippen molar-refractivity contribution in [2.75, 3.05) is 17.2 Å². The lowest BCUT2D eigenvalue weighted by atomic mass is 10.2. The summed E-state index contributed by atoms with van der Waals surface area (Å²) in [4.78, 5) is 11.8. The van der Waals surface area contributed by atoms with Crippen LogP contribution in [0.5, 0.6) is 0 Å². The molecule has 0 aliphatic rings. The van der Waals surface area contributed by atoms with Gasteiger partial charge in [-0.2, -0.15) is 13.2 Å². The summed E-state index contributed by atoms with van der Waals surface area (Å²) in [5, 5.41) is 5.68. The second-order valence-electron chi connectivity index (χ2n) is 5.17. The highest BCUT2D eigenvalue weighted by Gasteiger charge is 2.29. The summed E-state index contributed by atoms with van der Waals surface area (Å²) < 4.78 is 37.3. The third-order valence-electron chi connectivity index (χ3n) is 3.23. The number of nitrogens with one attached hydrogen (secondary N) is 2. The molecule has 0 saturated carbocycles. The maximum atomic E-state index is 12.4. The number of anilines is 2. The van der Waals surface area contributed by atoms with Gasteiger partial charge in [0.15, 0.2) is 0 Å². The number of aryl methyl sites for hydroxylation is 1. The van der Waals surface area contributed by atoms with Crippen LogP contribution in [0.2, 0.25) is 0 Å². The molecule has 2 aromatic rings. The molecule has 0 bridgehead atoms. The highest BCUT2D eigenvalue weighted by atomic mass is 19.4. The van der Waals surface area contributed by atoms with Gasteiger partial charge in [-0.05, 0) is 43.3 Å². The van der Waals surface area contributed by atoms with E-state index < -0.39 is 11.7 Å². The molecule has 0 radical (unpaired) electrons. The van der Waals surface area contributed by atoms with Crippen LogP contribution in [0.4, 0.5) is 24.5 Å². The molecule has 0 fully saturated rings. The van der Waals surface area contributed by atoms with Crippen LogP contribution in [0.1, 0.15) is 17.5 Å². The van der Waals surface area contributed by atoms with Gasteiger partial charge in [0.25, 0.3) is 0 Å². The van der Waals surface area contributed by atoms with Crippen molar-refractivity contribution in [2.45, 2.75) is 19.5 Å². The van der Waals surface area contributed by atoms with E-state index in [0.717, 1.165) is 23.4 Å². The minimum atomic E-state index is -4.37. The minimum absolute atomic E-state index is 0.217. The van der Waals surface area contributed by atoms with Crippen LogP contribution in [0.15, 0.2) is 48.5 Å². The Balaban J connectivity index is 1.79. The summed E-state index contributed by atoms with van der Waals surface area (Å²) in [6.45, 7) is 2.43. The zero-order valence-corrected chi connectivity index (χ0v) is 12.6. The minimum Gasteiger partial charge on any atom is -0.385 e. The molecule has 0 heterocycles. The van der Waals surface area contributed by atoms with Crippen molar-refractivity contribution >= 4 is 17.3 Å². The van der Waals surface area contributed by atoms with E-state index in [1.807, 2.05) is 31.2 Å². The van der Waals surface area contributed by atoms with Crippen molar-refractivity contribution in [2.24, 2.45) is 0 Å². The highest BCUT2D eigenvalue weighted by molar-refractivity contribution is 5.91. The van der Waals surface area contributed by atoms with Gasteiger partial charge in [0.1, 0.15) is 0 Å². The van der Waals surface area contributed by atoms with Crippen LogP contribution in [-0.4, -0.2) is 12.5 Å². The number of alkyl halides is 3. The first-order chi connectivity index (χ1) is 10.8. The molecular weight excluding hydrogens is 305 g/mol. The van der Waals surface area contributed by atoms with Crippen LogP contribution in [0, 0.1) is 6.92 Å². The summed E-state index contributed by atoms with van der Waals surface area (Å²) in [5.41, 5.74) is 1.67. The summed E-state index contributed by atoms with van der Waals surface area (Å²) in [6.07, 6.45) is -4.16. The molecule has 6 heteroatoms. The van der Waals surface area contributed by atoms with Crippen molar-refractivity contribution in [3.63, 3.8) is 0 Å². The number of hydrogen-bond acceptors (Lipinski definition) is 2. The fourth-order valence-electron chi connectivity index (χ4n) is 1.96. The zero-order valence-electron chi connectivity index (χ0n) is 12.6. The first kappa shape index (κ1) is 16.9. The second-order valence-corrected chi connectivity index (χ2v) is 5.17. The van der Waals surface area contributed by atoms with Crippen molar-refractivity contribution in [3.8, 4) is 0 Å². The van der Waals surface area contributed by atoms with Crippen LogP contribution < -0.4 is 10.6 Å². The predicted octanol–water partition coefficient (Wildman–Crippen LogP) is 4.45. The van der Waals surface area contributed by atoms with Crippen LogP contribution in [-0.2, 0) is 11.0 Å². The van der Waals surface area contributed by atoms with Crippen LogP contribution in [0.3, 0.4) is 0 Å². The fourth-order valence-corrected chi connectivity index (χ4v) is 1.96. The van der Waals surface area contributed by atoms with Gasteiger partial charge in [-0.1, -0.05) is 17.7 Å². The SMILES string of the molecule is Cc1ccc(NCCC(=O)Nc2ccc(C(F)(F)F)cc2)cc1. The summed E-state index contributed by atoms with van der Waals surface area (Å²) in [5.74, 6) is -0.260. The van der Waals surface area contributed by atoms with E-state index in [-0.39, 0.29) is 12.3 Å². The number of rotatable bonds is 5. The monoisotopic (exact) mass is 322 g/mol. The van der Waals surface area contributed by atoms with Crippen molar-refractivity contribution < 1.29 is 18.0 Å². The van der Waals surface area contributed by atoms with E-state index in [4.69, 9.17) is 0 Å². The molecule has 0 aromatic heterocycles. The van der Waals surface area contributed by atoms with Crippen LogP contribution >= 0.6 is 0 Å². The molecule has 0 aliphatic carbocycles.